The van der Waals surface area contributed by atoms with Crippen LogP contribution in [0.3, 0.4) is 0 Å². The first-order valence-electron chi connectivity index (χ1n) is 27.2. The van der Waals surface area contributed by atoms with Gasteiger partial charge in [-0.05, 0) is 111 Å². The average Bonchev–Trinajstić information content (AvgIpc) is 3.31. The molecule has 0 saturated carbocycles. The van der Waals surface area contributed by atoms with Crippen LogP contribution in [0.2, 0.25) is 0 Å². The summed E-state index contributed by atoms with van der Waals surface area (Å²) in [7, 11) is 0. The zero-order valence-corrected chi connectivity index (χ0v) is 44.0. The fourth-order valence-corrected chi connectivity index (χ4v) is 8.93. The maximum Gasteiger partial charge on any atom is 2.00 e. The van der Waals surface area contributed by atoms with Crippen LogP contribution in [0.1, 0.15) is 256 Å². The Morgan fingerprint density at radius 1 is 0.400 bits per heavy atom. The molecule has 0 aliphatic heterocycles. The SMILES string of the molecule is CCCCCCCCCCCCc1ccc(N=C(CC)C(CCCCCC)=Nc2ccc(CCCCCCCCCCCC)cc2)cc1.CCCc1c(CC)cc([O-])c([O-])c1CCC.[Ni+2]. The predicted molar refractivity (Wildman–Crippen MR) is 280 cm³/mol. The second-order valence-corrected chi connectivity index (χ2v) is 18.7. The van der Waals surface area contributed by atoms with E-state index < -0.39 is 0 Å². The fourth-order valence-electron chi connectivity index (χ4n) is 8.93. The number of rotatable bonds is 36. The molecule has 5 heteroatoms. The van der Waals surface area contributed by atoms with Gasteiger partial charge in [-0.1, -0.05) is 232 Å². The summed E-state index contributed by atoms with van der Waals surface area (Å²) >= 11 is 0. The van der Waals surface area contributed by atoms with Crippen molar-refractivity contribution >= 4 is 22.8 Å². The van der Waals surface area contributed by atoms with Crippen molar-refractivity contribution in [2.75, 3.05) is 0 Å². The summed E-state index contributed by atoms with van der Waals surface area (Å²) in [6, 6.07) is 19.6. The van der Waals surface area contributed by atoms with Crippen molar-refractivity contribution in [3.05, 3.63) is 82.4 Å². The van der Waals surface area contributed by atoms with Crippen LogP contribution in [0.25, 0.3) is 0 Å². The molecule has 0 bridgehead atoms. The van der Waals surface area contributed by atoms with Crippen LogP contribution in [0.5, 0.6) is 11.5 Å². The Balaban J connectivity index is 0.00000104. The van der Waals surface area contributed by atoms with E-state index in [1.165, 1.54) is 190 Å². The summed E-state index contributed by atoms with van der Waals surface area (Å²) in [6.07, 6.45) is 41.5. The molecule has 0 unspecified atom stereocenters. The minimum atomic E-state index is -0.333. The smallest absolute Gasteiger partial charge is 0.873 e. The molecule has 65 heavy (non-hydrogen) atoms. The van der Waals surface area contributed by atoms with E-state index in [2.05, 4.69) is 83.1 Å². The topological polar surface area (TPSA) is 70.8 Å². The van der Waals surface area contributed by atoms with E-state index in [4.69, 9.17) is 9.98 Å². The Hall–Kier alpha value is -2.91. The summed E-state index contributed by atoms with van der Waals surface area (Å²) in [5.41, 5.74) is 10.3. The van der Waals surface area contributed by atoms with Gasteiger partial charge >= 0.3 is 16.5 Å². The predicted octanol–water partition coefficient (Wildman–Crippen LogP) is 18.1. The van der Waals surface area contributed by atoms with Crippen molar-refractivity contribution in [3.8, 4) is 11.5 Å². The van der Waals surface area contributed by atoms with E-state index in [9.17, 15) is 10.2 Å². The van der Waals surface area contributed by atoms with Crippen molar-refractivity contribution in [1.29, 1.82) is 0 Å². The molecule has 3 rings (SSSR count). The zero-order chi connectivity index (χ0) is 46.5. The molecule has 0 spiro atoms. The number of nitrogens with zero attached hydrogens (tertiary/aromatic N) is 2. The van der Waals surface area contributed by atoms with Crippen molar-refractivity contribution in [2.45, 2.75) is 260 Å². The maximum absolute atomic E-state index is 11.8. The Morgan fingerprint density at radius 2 is 0.769 bits per heavy atom. The first kappa shape index (κ1) is 60.1. The number of hydrogen-bond donors (Lipinski definition) is 0. The third-order valence-corrected chi connectivity index (χ3v) is 12.9. The number of aliphatic imine (C=N–C) groups is 2. The molecule has 0 N–H and O–H groups in total. The van der Waals surface area contributed by atoms with E-state index in [1.807, 2.05) is 13.8 Å². The Labute approximate surface area is 411 Å². The Bertz CT molecular complexity index is 1640. The van der Waals surface area contributed by atoms with E-state index in [-0.39, 0.29) is 28.0 Å². The van der Waals surface area contributed by atoms with Crippen LogP contribution in [0, 0.1) is 0 Å². The molecule has 0 fully saturated rings. The number of benzene rings is 3. The van der Waals surface area contributed by atoms with E-state index >= 15 is 0 Å². The van der Waals surface area contributed by atoms with Crippen LogP contribution in [-0.4, -0.2) is 11.4 Å². The van der Waals surface area contributed by atoms with Gasteiger partial charge in [-0.15, -0.1) is 11.5 Å². The minimum Gasteiger partial charge on any atom is -0.873 e. The van der Waals surface area contributed by atoms with Crippen LogP contribution >= 0.6 is 0 Å². The van der Waals surface area contributed by atoms with Gasteiger partial charge < -0.3 is 10.2 Å². The van der Waals surface area contributed by atoms with Gasteiger partial charge in [0.1, 0.15) is 0 Å². The molecule has 0 aromatic heterocycles. The van der Waals surface area contributed by atoms with Gasteiger partial charge in [0.25, 0.3) is 0 Å². The van der Waals surface area contributed by atoms with Gasteiger partial charge in [-0.3, -0.25) is 9.98 Å². The number of aryl methyl sites for hydroxylation is 3. The fraction of sp³-hybridized carbons (Fsp3) is 0.667. The summed E-state index contributed by atoms with van der Waals surface area (Å²) < 4.78 is 0. The molecule has 0 aliphatic carbocycles. The third kappa shape index (κ3) is 26.9. The molecule has 0 amide bonds. The van der Waals surface area contributed by atoms with Gasteiger partial charge in [-0.2, -0.15) is 0 Å². The standard InChI is InChI=1S/C46H76N2.C14H22O2.Ni/c1-5-9-12-15-17-19-21-23-25-27-30-41-33-37-43(38-34-41)47-45(8-4)46(32-29-14-11-7-3)48-44-39-35-42(36-40-44)31-28-26-24-22-20-18-16-13-10-6-2;1-4-7-11-10(6-3)9-13(15)14(16)12(11)8-5-2;/h33-40H,5-32H2,1-4H3;9,15-16H,4-8H2,1-3H3;/q;;+2/p-2. The molecule has 0 atom stereocenters. The average molecular weight is 936 g/mol. The van der Waals surface area contributed by atoms with Gasteiger partial charge in [-0.25, -0.2) is 0 Å². The molecular weight excluding hydrogens is 839 g/mol. The molecule has 0 saturated heterocycles. The Kier molecular flexibility index (Phi) is 37.2. The molecule has 0 radical (unpaired) electrons. The molecule has 4 nitrogen and oxygen atoms in total. The monoisotopic (exact) mass is 935 g/mol. The summed E-state index contributed by atoms with van der Waals surface area (Å²) in [6.45, 7) is 15.3. The van der Waals surface area contributed by atoms with Gasteiger partial charge in [0.2, 0.25) is 0 Å². The molecular formula is C60H96N2NiO2. The van der Waals surface area contributed by atoms with E-state index in [0.717, 1.165) is 78.7 Å². The van der Waals surface area contributed by atoms with Gasteiger partial charge in [0, 0.05) is 0 Å². The third-order valence-electron chi connectivity index (χ3n) is 12.9. The van der Waals surface area contributed by atoms with Crippen LogP contribution in [0.4, 0.5) is 11.4 Å². The van der Waals surface area contributed by atoms with Crippen molar-refractivity contribution < 1.29 is 26.7 Å². The molecule has 0 heterocycles. The Morgan fingerprint density at radius 3 is 1.15 bits per heavy atom. The van der Waals surface area contributed by atoms with Gasteiger partial charge in [0.15, 0.2) is 0 Å². The van der Waals surface area contributed by atoms with Crippen LogP contribution in [0.15, 0.2) is 64.6 Å². The van der Waals surface area contributed by atoms with Crippen LogP contribution in [-0.2, 0) is 48.6 Å². The summed E-state index contributed by atoms with van der Waals surface area (Å²) in [5, 5.41) is 23.3. The number of unbranched alkanes of at least 4 members (excludes halogenated alkanes) is 21. The largest absolute Gasteiger partial charge is 2.00 e. The second-order valence-electron chi connectivity index (χ2n) is 18.7. The quantitative estimate of drug-likeness (QED) is 0.0331. The van der Waals surface area contributed by atoms with Gasteiger partial charge in [0.05, 0.1) is 22.8 Å². The molecule has 368 valence electrons. The zero-order valence-electron chi connectivity index (χ0n) is 43.1. The first-order chi connectivity index (χ1) is 31.3. The van der Waals surface area contributed by atoms with Crippen molar-refractivity contribution in [3.63, 3.8) is 0 Å². The van der Waals surface area contributed by atoms with Crippen molar-refractivity contribution in [1.82, 2.24) is 0 Å². The second kappa shape index (κ2) is 40.2. The van der Waals surface area contributed by atoms with Crippen LogP contribution < -0.4 is 10.2 Å². The maximum atomic E-state index is 11.8. The first-order valence-corrected chi connectivity index (χ1v) is 27.2. The van der Waals surface area contributed by atoms with Crippen molar-refractivity contribution in [2.24, 2.45) is 9.98 Å². The summed E-state index contributed by atoms with van der Waals surface area (Å²) in [4.78, 5) is 10.4. The number of hydrogen-bond acceptors (Lipinski definition) is 4. The minimum absolute atomic E-state index is 0. The van der Waals surface area contributed by atoms with E-state index in [0.29, 0.717) is 0 Å². The summed E-state index contributed by atoms with van der Waals surface area (Å²) in [5.74, 6) is -0.609. The normalized spacial score (nSPS) is 11.7. The molecule has 3 aromatic rings. The van der Waals surface area contributed by atoms with E-state index in [1.54, 1.807) is 0 Å². The molecule has 0 aliphatic rings. The molecule has 3 aromatic carbocycles.